The number of hydrogen-bond donors (Lipinski definition) is 0. The fraction of sp³-hybridized carbons (Fsp3) is 0.476. The van der Waals surface area contributed by atoms with Crippen molar-refractivity contribution >= 4 is 18.0 Å². The van der Waals surface area contributed by atoms with E-state index in [1.165, 1.54) is 0 Å². The Labute approximate surface area is 159 Å². The molecule has 0 bridgehead atoms. The van der Waals surface area contributed by atoms with E-state index in [9.17, 15) is 9.59 Å². The molecule has 3 rings (SSSR count). The molecular formula is C21H25NO5. The summed E-state index contributed by atoms with van der Waals surface area (Å²) in [5.74, 6) is 0.786. The van der Waals surface area contributed by atoms with Crippen molar-refractivity contribution in [2.75, 3.05) is 0 Å². The molecule has 2 aliphatic rings. The molecule has 0 N–H and O–H groups in total. The van der Waals surface area contributed by atoms with Crippen molar-refractivity contribution in [3.8, 4) is 0 Å². The zero-order valence-corrected chi connectivity index (χ0v) is 15.9. The Morgan fingerprint density at radius 3 is 2.70 bits per heavy atom. The summed E-state index contributed by atoms with van der Waals surface area (Å²) in [6.45, 7) is 6.44. The van der Waals surface area contributed by atoms with Crippen molar-refractivity contribution in [2.45, 2.75) is 46.1 Å². The van der Waals surface area contributed by atoms with E-state index in [0.29, 0.717) is 23.3 Å². The van der Waals surface area contributed by atoms with Crippen LogP contribution in [0.15, 0.2) is 47.3 Å². The van der Waals surface area contributed by atoms with Crippen LogP contribution < -0.4 is 0 Å². The lowest BCUT2D eigenvalue weighted by Crippen LogP contribution is -2.35. The highest BCUT2D eigenvalue weighted by atomic mass is 16.7. The lowest BCUT2D eigenvalue weighted by molar-refractivity contribution is -0.130. The molecule has 0 amide bonds. The van der Waals surface area contributed by atoms with E-state index in [0.717, 1.165) is 25.5 Å². The first-order valence-corrected chi connectivity index (χ1v) is 9.37. The lowest BCUT2D eigenvalue weighted by atomic mass is 9.75. The molecule has 0 radical (unpaired) electrons. The minimum Gasteiger partial charge on any atom is -0.430 e. The van der Waals surface area contributed by atoms with Crippen LogP contribution in [-0.2, 0) is 19.0 Å². The van der Waals surface area contributed by atoms with Crippen LogP contribution in [0.2, 0.25) is 0 Å². The van der Waals surface area contributed by atoms with Crippen molar-refractivity contribution in [1.82, 2.24) is 0 Å². The molecule has 6 heteroatoms. The Bertz CT molecular complexity index is 753. The maximum absolute atomic E-state index is 12.1. The number of ether oxygens (including phenoxy) is 3. The average Bonchev–Trinajstić information content (AvgIpc) is 3.01. The summed E-state index contributed by atoms with van der Waals surface area (Å²) in [5, 5.41) is 0. The SMILES string of the molecule is CC(C)[C@H]1CC[C@H](C)C[C@@H]1OC(=O)O/C=C1\N=C(c2ccccc2)OC1=O. The normalized spacial score (nSPS) is 26.7. The average molecular weight is 371 g/mol. The summed E-state index contributed by atoms with van der Waals surface area (Å²) >= 11 is 0. The number of hydrogen-bond acceptors (Lipinski definition) is 6. The van der Waals surface area contributed by atoms with Crippen LogP contribution in [0.1, 0.15) is 45.6 Å². The van der Waals surface area contributed by atoms with E-state index in [1.807, 2.05) is 18.2 Å². The molecule has 144 valence electrons. The van der Waals surface area contributed by atoms with E-state index in [2.05, 4.69) is 25.8 Å². The van der Waals surface area contributed by atoms with E-state index < -0.39 is 12.1 Å². The van der Waals surface area contributed by atoms with E-state index in [4.69, 9.17) is 14.2 Å². The van der Waals surface area contributed by atoms with Crippen molar-refractivity contribution < 1.29 is 23.8 Å². The van der Waals surface area contributed by atoms with Crippen LogP contribution in [0.25, 0.3) is 0 Å². The van der Waals surface area contributed by atoms with Gasteiger partial charge in [0.25, 0.3) is 0 Å². The van der Waals surface area contributed by atoms with Crippen molar-refractivity contribution in [1.29, 1.82) is 0 Å². The molecule has 1 aliphatic heterocycles. The van der Waals surface area contributed by atoms with Gasteiger partial charge in [-0.05, 0) is 42.7 Å². The van der Waals surface area contributed by atoms with Gasteiger partial charge in [-0.25, -0.2) is 14.6 Å². The summed E-state index contributed by atoms with van der Waals surface area (Å²) in [5.41, 5.74) is 0.607. The number of carbonyl (C=O) groups excluding carboxylic acids is 2. The summed E-state index contributed by atoms with van der Waals surface area (Å²) in [6.07, 6.45) is 3.02. The first-order valence-electron chi connectivity index (χ1n) is 9.37. The number of carbonyl (C=O) groups is 2. The zero-order valence-electron chi connectivity index (χ0n) is 15.9. The van der Waals surface area contributed by atoms with Crippen molar-refractivity contribution in [3.63, 3.8) is 0 Å². The fourth-order valence-corrected chi connectivity index (χ4v) is 3.60. The summed E-state index contributed by atoms with van der Waals surface area (Å²) in [4.78, 5) is 28.1. The molecule has 6 nitrogen and oxygen atoms in total. The third kappa shape index (κ3) is 4.76. The first-order chi connectivity index (χ1) is 12.9. The smallest absolute Gasteiger partial charge is 0.430 e. The monoisotopic (exact) mass is 371 g/mol. The summed E-state index contributed by atoms with van der Waals surface area (Å²) in [7, 11) is 0. The topological polar surface area (TPSA) is 74.2 Å². The number of esters is 1. The molecule has 0 aromatic heterocycles. The van der Waals surface area contributed by atoms with Crippen LogP contribution in [-0.4, -0.2) is 24.1 Å². The van der Waals surface area contributed by atoms with Gasteiger partial charge in [-0.15, -0.1) is 0 Å². The molecule has 1 aromatic carbocycles. The minimum atomic E-state index is -0.816. The molecule has 0 unspecified atom stereocenters. The molecule has 1 fully saturated rings. The van der Waals surface area contributed by atoms with Gasteiger partial charge in [0.2, 0.25) is 5.90 Å². The van der Waals surface area contributed by atoms with E-state index >= 15 is 0 Å². The van der Waals surface area contributed by atoms with Crippen LogP contribution in [0.3, 0.4) is 0 Å². The van der Waals surface area contributed by atoms with Crippen LogP contribution in [0.4, 0.5) is 4.79 Å². The Morgan fingerprint density at radius 2 is 2.00 bits per heavy atom. The van der Waals surface area contributed by atoms with Crippen molar-refractivity contribution in [3.05, 3.63) is 47.9 Å². The van der Waals surface area contributed by atoms with Crippen LogP contribution in [0, 0.1) is 17.8 Å². The largest absolute Gasteiger partial charge is 0.513 e. The van der Waals surface area contributed by atoms with E-state index in [-0.39, 0.29) is 17.7 Å². The molecular weight excluding hydrogens is 346 g/mol. The van der Waals surface area contributed by atoms with E-state index in [1.54, 1.807) is 12.1 Å². The number of nitrogens with zero attached hydrogens (tertiary/aromatic N) is 1. The highest BCUT2D eigenvalue weighted by Gasteiger charge is 2.34. The maximum Gasteiger partial charge on any atom is 0.513 e. The second kappa shape index (κ2) is 8.37. The fourth-order valence-electron chi connectivity index (χ4n) is 3.60. The number of rotatable bonds is 4. The lowest BCUT2D eigenvalue weighted by Gasteiger charge is -2.36. The number of benzene rings is 1. The molecule has 0 saturated heterocycles. The summed E-state index contributed by atoms with van der Waals surface area (Å²) < 4.78 is 15.7. The highest BCUT2D eigenvalue weighted by molar-refractivity contribution is 6.11. The second-order valence-corrected chi connectivity index (χ2v) is 7.53. The third-order valence-corrected chi connectivity index (χ3v) is 5.12. The molecule has 1 aromatic rings. The van der Waals surface area contributed by atoms with Gasteiger partial charge in [-0.2, -0.15) is 0 Å². The summed E-state index contributed by atoms with van der Waals surface area (Å²) in [6, 6.07) is 9.04. The second-order valence-electron chi connectivity index (χ2n) is 7.53. The minimum absolute atomic E-state index is 0.0665. The van der Waals surface area contributed by atoms with Crippen molar-refractivity contribution in [2.24, 2.45) is 22.7 Å². The van der Waals surface area contributed by atoms with Gasteiger partial charge in [-0.3, -0.25) is 0 Å². The maximum atomic E-state index is 12.1. The predicted octanol–water partition coefficient (Wildman–Crippen LogP) is 4.45. The molecule has 0 spiro atoms. The molecule has 27 heavy (non-hydrogen) atoms. The Kier molecular flexibility index (Phi) is 5.94. The van der Waals surface area contributed by atoms with Crippen LogP contribution in [0.5, 0.6) is 0 Å². The Balaban J connectivity index is 1.62. The van der Waals surface area contributed by atoms with Gasteiger partial charge in [0.05, 0.1) is 0 Å². The molecule has 1 heterocycles. The van der Waals surface area contributed by atoms with Gasteiger partial charge in [-0.1, -0.05) is 45.4 Å². The molecule has 3 atom stereocenters. The quantitative estimate of drug-likeness (QED) is 0.444. The number of aliphatic imine (C=N–C) groups is 1. The highest BCUT2D eigenvalue weighted by Crippen LogP contribution is 2.35. The molecule has 1 saturated carbocycles. The van der Waals surface area contributed by atoms with Gasteiger partial charge in [0.15, 0.2) is 5.70 Å². The first kappa shape index (κ1) is 19.1. The van der Waals surface area contributed by atoms with Gasteiger partial charge in [0.1, 0.15) is 12.4 Å². The van der Waals surface area contributed by atoms with Gasteiger partial charge < -0.3 is 14.2 Å². The predicted molar refractivity (Wildman–Crippen MR) is 99.9 cm³/mol. The van der Waals surface area contributed by atoms with Gasteiger partial charge >= 0.3 is 12.1 Å². The van der Waals surface area contributed by atoms with Crippen LogP contribution >= 0.6 is 0 Å². The number of cyclic esters (lactones) is 1. The zero-order chi connectivity index (χ0) is 19.4. The van der Waals surface area contributed by atoms with Gasteiger partial charge in [0, 0.05) is 5.56 Å². The Hall–Kier alpha value is -2.63. The standard InChI is InChI=1S/C21H25NO5/c1-13(2)16-10-9-14(3)11-18(16)26-21(24)25-12-17-20(23)27-19(22-17)15-7-5-4-6-8-15/h4-8,12-14,16,18H,9-11H2,1-3H3/b17-12-/t14-,16+,18-/m0/s1. The Morgan fingerprint density at radius 1 is 1.26 bits per heavy atom. The molecule has 1 aliphatic carbocycles. The third-order valence-electron chi connectivity index (χ3n) is 5.12.